The van der Waals surface area contributed by atoms with Crippen LogP contribution in [-0.2, 0) is 17.7 Å². The Labute approximate surface area is 112 Å². The van der Waals surface area contributed by atoms with E-state index in [0.717, 1.165) is 28.8 Å². The van der Waals surface area contributed by atoms with E-state index in [1.165, 1.54) is 0 Å². The highest BCUT2D eigenvalue weighted by Gasteiger charge is 2.24. The maximum atomic E-state index is 6.25. The minimum atomic E-state index is -0.363. The van der Waals surface area contributed by atoms with Crippen molar-refractivity contribution in [2.75, 3.05) is 13.2 Å². The minimum Gasteiger partial charge on any atom is -0.380 e. The van der Waals surface area contributed by atoms with Crippen LogP contribution in [0.1, 0.15) is 32.2 Å². The first-order valence-corrected chi connectivity index (χ1v) is 6.79. The number of halogens is 1. The lowest BCUT2D eigenvalue weighted by molar-refractivity contribution is 0.100. The van der Waals surface area contributed by atoms with Gasteiger partial charge in [0.05, 0.1) is 22.5 Å². The predicted octanol–water partition coefficient (Wildman–Crippen LogP) is 2.27. The molecule has 2 N–H and O–H groups in total. The average molecular weight is 304 g/mol. The molecule has 0 saturated heterocycles. The highest BCUT2D eigenvalue weighted by atomic mass is 79.9. The van der Waals surface area contributed by atoms with Crippen molar-refractivity contribution in [3.63, 3.8) is 0 Å². The molecule has 0 amide bonds. The van der Waals surface area contributed by atoms with Gasteiger partial charge in [0.2, 0.25) is 0 Å². The third-order valence-electron chi connectivity index (χ3n) is 2.66. The van der Waals surface area contributed by atoms with Crippen molar-refractivity contribution in [2.45, 2.75) is 46.2 Å². The maximum absolute atomic E-state index is 6.25. The van der Waals surface area contributed by atoms with Crippen molar-refractivity contribution in [3.8, 4) is 0 Å². The molecule has 4 nitrogen and oxygen atoms in total. The second-order valence-corrected chi connectivity index (χ2v) is 5.42. The Bertz CT molecular complexity index is 374. The Balaban J connectivity index is 2.86. The predicted molar refractivity (Wildman–Crippen MR) is 73.1 cm³/mol. The number of ether oxygens (including phenoxy) is 1. The molecule has 0 bridgehead atoms. The van der Waals surface area contributed by atoms with Crippen LogP contribution in [0.5, 0.6) is 0 Å². The van der Waals surface area contributed by atoms with Crippen molar-refractivity contribution >= 4 is 15.9 Å². The largest absolute Gasteiger partial charge is 0.380 e. The molecule has 0 aliphatic carbocycles. The maximum Gasteiger partial charge on any atom is 0.0738 e. The first-order valence-electron chi connectivity index (χ1n) is 5.99. The molecule has 1 unspecified atom stereocenters. The zero-order valence-electron chi connectivity index (χ0n) is 11.1. The normalized spacial score (nSPS) is 14.9. The summed E-state index contributed by atoms with van der Waals surface area (Å²) in [4.78, 5) is 0. The highest BCUT2D eigenvalue weighted by molar-refractivity contribution is 9.10. The smallest absolute Gasteiger partial charge is 0.0738 e. The van der Waals surface area contributed by atoms with Crippen molar-refractivity contribution in [3.05, 3.63) is 15.9 Å². The molecule has 1 aromatic rings. The summed E-state index contributed by atoms with van der Waals surface area (Å²) < 4.78 is 8.48. The molecule has 1 heterocycles. The summed E-state index contributed by atoms with van der Waals surface area (Å²) >= 11 is 3.58. The van der Waals surface area contributed by atoms with E-state index in [4.69, 9.17) is 10.5 Å². The van der Waals surface area contributed by atoms with Crippen LogP contribution in [0.2, 0.25) is 0 Å². The summed E-state index contributed by atoms with van der Waals surface area (Å²) in [7, 11) is 0. The first-order chi connectivity index (χ1) is 7.91. The van der Waals surface area contributed by atoms with Gasteiger partial charge in [-0.05, 0) is 43.6 Å². The van der Waals surface area contributed by atoms with Gasteiger partial charge in [0.25, 0.3) is 0 Å². The molecule has 0 spiro atoms. The van der Waals surface area contributed by atoms with Gasteiger partial charge in [-0.2, -0.15) is 5.10 Å². The molecular weight excluding hydrogens is 282 g/mol. The van der Waals surface area contributed by atoms with E-state index < -0.39 is 0 Å². The van der Waals surface area contributed by atoms with Crippen LogP contribution in [-0.4, -0.2) is 28.5 Å². The van der Waals surface area contributed by atoms with Crippen LogP contribution in [0.25, 0.3) is 0 Å². The molecule has 0 aliphatic rings. The zero-order valence-corrected chi connectivity index (χ0v) is 12.7. The van der Waals surface area contributed by atoms with Crippen LogP contribution < -0.4 is 5.73 Å². The highest BCUT2D eigenvalue weighted by Crippen LogP contribution is 2.24. The summed E-state index contributed by atoms with van der Waals surface area (Å²) in [5.74, 6) is 0. The Morgan fingerprint density at radius 3 is 2.65 bits per heavy atom. The average Bonchev–Trinajstić information content (AvgIpc) is 2.54. The molecule has 1 atom stereocenters. The second-order valence-electron chi connectivity index (χ2n) is 4.63. The van der Waals surface area contributed by atoms with E-state index in [1.807, 2.05) is 25.5 Å². The third-order valence-corrected chi connectivity index (χ3v) is 3.69. The Morgan fingerprint density at radius 1 is 1.47 bits per heavy atom. The summed E-state index contributed by atoms with van der Waals surface area (Å²) in [6.07, 6.45) is 0.752. The molecule has 1 aromatic heterocycles. The van der Waals surface area contributed by atoms with Crippen molar-refractivity contribution in [2.24, 2.45) is 5.73 Å². The molecule has 0 aromatic carbocycles. The molecule has 98 valence electrons. The van der Waals surface area contributed by atoms with Crippen LogP contribution in [0.4, 0.5) is 0 Å². The van der Waals surface area contributed by atoms with E-state index in [1.54, 1.807) is 0 Å². The van der Waals surface area contributed by atoms with Crippen molar-refractivity contribution < 1.29 is 4.74 Å². The Kier molecular flexibility index (Phi) is 5.16. The second kappa shape index (κ2) is 5.98. The molecule has 0 fully saturated rings. The van der Waals surface area contributed by atoms with Crippen LogP contribution >= 0.6 is 15.9 Å². The van der Waals surface area contributed by atoms with Gasteiger partial charge in [-0.15, -0.1) is 0 Å². The number of aromatic nitrogens is 2. The van der Waals surface area contributed by atoms with Gasteiger partial charge in [-0.25, -0.2) is 0 Å². The van der Waals surface area contributed by atoms with Crippen LogP contribution in [0.15, 0.2) is 4.47 Å². The monoisotopic (exact) mass is 303 g/mol. The molecule has 0 radical (unpaired) electrons. The van der Waals surface area contributed by atoms with Crippen LogP contribution in [0.3, 0.4) is 0 Å². The van der Waals surface area contributed by atoms with Gasteiger partial charge in [0, 0.05) is 25.1 Å². The summed E-state index contributed by atoms with van der Waals surface area (Å²) in [5, 5.41) is 4.47. The van der Waals surface area contributed by atoms with Gasteiger partial charge in [0.1, 0.15) is 0 Å². The van der Waals surface area contributed by atoms with E-state index in [2.05, 4.69) is 28.0 Å². The third kappa shape index (κ3) is 3.79. The fourth-order valence-corrected chi connectivity index (χ4v) is 2.23. The van der Waals surface area contributed by atoms with E-state index in [-0.39, 0.29) is 5.54 Å². The molecule has 0 aliphatic heterocycles. The molecule has 1 rings (SSSR count). The fraction of sp³-hybridized carbons (Fsp3) is 0.750. The molecule has 17 heavy (non-hydrogen) atoms. The standard InChI is InChI=1S/C12H22BrN3O/c1-5-16-10(11(13)9(3)15-16)7-12(4,14)8-17-6-2/h5-8,14H2,1-4H3. The molecular formula is C12H22BrN3O. The first kappa shape index (κ1) is 14.7. The van der Waals surface area contributed by atoms with Gasteiger partial charge < -0.3 is 10.5 Å². The van der Waals surface area contributed by atoms with E-state index >= 15 is 0 Å². The van der Waals surface area contributed by atoms with Gasteiger partial charge >= 0.3 is 0 Å². The molecule has 5 heteroatoms. The van der Waals surface area contributed by atoms with Gasteiger partial charge in [-0.1, -0.05) is 0 Å². The lowest BCUT2D eigenvalue weighted by Gasteiger charge is -2.24. The molecule has 0 saturated carbocycles. The SMILES string of the molecule is CCOCC(C)(N)Cc1c(Br)c(C)nn1CC. The summed E-state index contributed by atoms with van der Waals surface area (Å²) in [6, 6.07) is 0. The topological polar surface area (TPSA) is 53.1 Å². The zero-order chi connectivity index (χ0) is 13.1. The quantitative estimate of drug-likeness (QED) is 0.877. The number of rotatable bonds is 6. The summed E-state index contributed by atoms with van der Waals surface area (Å²) in [6.45, 7) is 10.2. The number of nitrogens with two attached hydrogens (primary N) is 1. The minimum absolute atomic E-state index is 0.363. The van der Waals surface area contributed by atoms with E-state index in [9.17, 15) is 0 Å². The summed E-state index contributed by atoms with van der Waals surface area (Å²) in [5.41, 5.74) is 8.04. The fourth-order valence-electron chi connectivity index (χ4n) is 1.81. The van der Waals surface area contributed by atoms with Gasteiger partial charge in [0.15, 0.2) is 0 Å². The Morgan fingerprint density at radius 2 is 2.12 bits per heavy atom. The number of aryl methyl sites for hydroxylation is 2. The lowest BCUT2D eigenvalue weighted by atomic mass is 9.98. The van der Waals surface area contributed by atoms with Crippen LogP contribution in [0, 0.1) is 6.92 Å². The van der Waals surface area contributed by atoms with Gasteiger partial charge in [-0.3, -0.25) is 4.68 Å². The van der Waals surface area contributed by atoms with Crippen molar-refractivity contribution in [1.29, 1.82) is 0 Å². The number of hydrogen-bond acceptors (Lipinski definition) is 3. The number of nitrogens with zero attached hydrogens (tertiary/aromatic N) is 2. The van der Waals surface area contributed by atoms with E-state index in [0.29, 0.717) is 13.2 Å². The van der Waals surface area contributed by atoms with Crippen molar-refractivity contribution in [1.82, 2.24) is 9.78 Å². The Hall–Kier alpha value is -0.390. The lowest BCUT2D eigenvalue weighted by Crippen LogP contribution is -2.44. The number of hydrogen-bond donors (Lipinski definition) is 1.